The van der Waals surface area contributed by atoms with Crippen LogP contribution in [-0.4, -0.2) is 11.4 Å². The molecule has 1 aromatic rings. The number of nitrogens with one attached hydrogen (secondary N) is 1. The molecule has 2 rings (SSSR count). The molecule has 0 aromatic heterocycles. The van der Waals surface area contributed by atoms with Crippen LogP contribution in [0.3, 0.4) is 0 Å². The van der Waals surface area contributed by atoms with Gasteiger partial charge in [-0.25, -0.2) is 4.39 Å². The molecule has 1 fully saturated rings. The second-order valence-corrected chi connectivity index (χ2v) is 4.55. The molecule has 1 N–H and O–H groups in total. The number of benzene rings is 1. The third kappa shape index (κ3) is 2.29. The first kappa shape index (κ1) is 10.4. The Morgan fingerprint density at radius 2 is 2.20 bits per heavy atom. The summed E-state index contributed by atoms with van der Waals surface area (Å²) in [5, 5.41) is 2.85. The summed E-state index contributed by atoms with van der Waals surface area (Å²) in [5.41, 5.74) is 0.326. The summed E-state index contributed by atoms with van der Waals surface area (Å²) in [7, 11) is 0. The van der Waals surface area contributed by atoms with E-state index in [9.17, 15) is 9.18 Å². The van der Waals surface area contributed by atoms with Crippen molar-refractivity contribution in [2.45, 2.75) is 25.3 Å². The van der Waals surface area contributed by atoms with Gasteiger partial charge in [0.2, 0.25) is 0 Å². The number of carbonyl (C=O) groups excluding carboxylic acids is 1. The van der Waals surface area contributed by atoms with Crippen molar-refractivity contribution in [3.8, 4) is 0 Å². The molecule has 4 heteroatoms. The quantitative estimate of drug-likeness (QED) is 0.827. The molecule has 0 atom stereocenters. The monoisotopic (exact) mass is 227 g/mol. The Kier molecular flexibility index (Phi) is 2.43. The van der Waals surface area contributed by atoms with Crippen LogP contribution in [0.1, 0.15) is 30.1 Å². The van der Waals surface area contributed by atoms with Gasteiger partial charge in [-0.15, -0.1) is 0 Å². The van der Waals surface area contributed by atoms with Crippen LogP contribution in [0.15, 0.2) is 18.2 Å². The third-order valence-corrected chi connectivity index (χ3v) is 2.89. The van der Waals surface area contributed by atoms with Gasteiger partial charge >= 0.3 is 0 Å². The van der Waals surface area contributed by atoms with Crippen LogP contribution in [0.2, 0.25) is 5.02 Å². The summed E-state index contributed by atoms with van der Waals surface area (Å²) in [6.45, 7) is 1.98. The molecule has 80 valence electrons. The van der Waals surface area contributed by atoms with Gasteiger partial charge in [-0.3, -0.25) is 4.79 Å². The van der Waals surface area contributed by atoms with Gasteiger partial charge in [0.15, 0.2) is 0 Å². The molecule has 0 heterocycles. The van der Waals surface area contributed by atoms with Crippen molar-refractivity contribution in [1.29, 1.82) is 0 Å². The van der Waals surface area contributed by atoms with Gasteiger partial charge in [-0.05, 0) is 38.0 Å². The van der Waals surface area contributed by atoms with Gasteiger partial charge in [0.05, 0.1) is 5.02 Å². The van der Waals surface area contributed by atoms with Crippen molar-refractivity contribution in [2.75, 3.05) is 0 Å². The summed E-state index contributed by atoms with van der Waals surface area (Å²) in [5.74, 6) is -0.706. The van der Waals surface area contributed by atoms with E-state index in [-0.39, 0.29) is 16.5 Å². The third-order valence-electron chi connectivity index (χ3n) is 2.60. The van der Waals surface area contributed by atoms with Crippen LogP contribution in [0.5, 0.6) is 0 Å². The topological polar surface area (TPSA) is 29.1 Å². The number of hydrogen-bond donors (Lipinski definition) is 1. The fourth-order valence-corrected chi connectivity index (χ4v) is 1.48. The molecule has 2 nitrogen and oxygen atoms in total. The summed E-state index contributed by atoms with van der Waals surface area (Å²) in [6.07, 6.45) is 1.99. The molecule has 1 aromatic carbocycles. The summed E-state index contributed by atoms with van der Waals surface area (Å²) < 4.78 is 12.8. The lowest BCUT2D eigenvalue weighted by Crippen LogP contribution is -2.34. The van der Waals surface area contributed by atoms with E-state index in [2.05, 4.69) is 5.32 Å². The molecule has 15 heavy (non-hydrogen) atoms. The summed E-state index contributed by atoms with van der Waals surface area (Å²) >= 11 is 5.59. The summed E-state index contributed by atoms with van der Waals surface area (Å²) in [4.78, 5) is 11.7. The number of carbonyl (C=O) groups is 1. The van der Waals surface area contributed by atoms with Crippen molar-refractivity contribution in [1.82, 2.24) is 5.32 Å². The summed E-state index contributed by atoms with van der Waals surface area (Å²) in [6, 6.07) is 3.98. The largest absolute Gasteiger partial charge is 0.347 e. The molecule has 1 aliphatic rings. The highest BCUT2D eigenvalue weighted by Crippen LogP contribution is 2.34. The van der Waals surface area contributed by atoms with E-state index in [0.717, 1.165) is 12.8 Å². The van der Waals surface area contributed by atoms with Crippen molar-refractivity contribution >= 4 is 17.5 Å². The van der Waals surface area contributed by atoms with Gasteiger partial charge in [-0.1, -0.05) is 11.6 Å². The Morgan fingerprint density at radius 1 is 1.53 bits per heavy atom. The SMILES string of the molecule is CC1(NC(=O)c2ccc(F)c(Cl)c2)CC1. The Morgan fingerprint density at radius 3 is 2.73 bits per heavy atom. The lowest BCUT2D eigenvalue weighted by atomic mass is 10.2. The number of rotatable bonds is 2. The van der Waals surface area contributed by atoms with Gasteiger partial charge in [0, 0.05) is 11.1 Å². The van der Waals surface area contributed by atoms with E-state index in [1.54, 1.807) is 0 Å². The minimum atomic E-state index is -0.508. The van der Waals surface area contributed by atoms with Crippen LogP contribution in [0.4, 0.5) is 4.39 Å². The van der Waals surface area contributed by atoms with Crippen LogP contribution < -0.4 is 5.32 Å². The maximum absolute atomic E-state index is 12.8. The Balaban J connectivity index is 2.15. The van der Waals surface area contributed by atoms with Crippen LogP contribution in [-0.2, 0) is 0 Å². The van der Waals surface area contributed by atoms with E-state index in [0.29, 0.717) is 5.56 Å². The van der Waals surface area contributed by atoms with Crippen LogP contribution in [0.25, 0.3) is 0 Å². The highest BCUT2D eigenvalue weighted by molar-refractivity contribution is 6.31. The average molecular weight is 228 g/mol. The predicted molar refractivity (Wildman–Crippen MR) is 56.5 cm³/mol. The van der Waals surface area contributed by atoms with Crippen LogP contribution in [0, 0.1) is 5.82 Å². The lowest BCUT2D eigenvalue weighted by molar-refractivity contribution is 0.0935. The molecule has 0 bridgehead atoms. The molecule has 0 radical (unpaired) electrons. The minimum Gasteiger partial charge on any atom is -0.347 e. The second-order valence-electron chi connectivity index (χ2n) is 4.14. The maximum atomic E-state index is 12.8. The first-order valence-corrected chi connectivity index (χ1v) is 5.16. The number of amides is 1. The normalized spacial score (nSPS) is 17.3. The standard InChI is InChI=1S/C11H11ClFNO/c1-11(4-5-11)14-10(15)7-2-3-9(13)8(12)6-7/h2-3,6H,4-5H2,1H3,(H,14,15). The number of halogens is 2. The van der Waals surface area contributed by atoms with Crippen molar-refractivity contribution in [3.05, 3.63) is 34.6 Å². The highest BCUT2D eigenvalue weighted by atomic mass is 35.5. The van der Waals surface area contributed by atoms with E-state index in [1.165, 1.54) is 18.2 Å². The predicted octanol–water partition coefficient (Wildman–Crippen LogP) is 2.76. The molecule has 1 aliphatic carbocycles. The molecular weight excluding hydrogens is 217 g/mol. The second kappa shape index (κ2) is 3.49. The van der Waals surface area contributed by atoms with E-state index in [1.807, 2.05) is 6.92 Å². The molecule has 1 saturated carbocycles. The van der Waals surface area contributed by atoms with Gasteiger partial charge in [-0.2, -0.15) is 0 Å². The Labute approximate surface area is 92.4 Å². The molecule has 0 unspecified atom stereocenters. The molecule has 0 aliphatic heterocycles. The Bertz CT molecular complexity index is 415. The first-order chi connectivity index (χ1) is 7.00. The van der Waals surface area contributed by atoms with Gasteiger partial charge < -0.3 is 5.32 Å². The van der Waals surface area contributed by atoms with E-state index in [4.69, 9.17) is 11.6 Å². The molecular formula is C11H11ClFNO. The first-order valence-electron chi connectivity index (χ1n) is 4.78. The lowest BCUT2D eigenvalue weighted by Gasteiger charge is -2.11. The van der Waals surface area contributed by atoms with E-state index < -0.39 is 5.82 Å². The fraction of sp³-hybridized carbons (Fsp3) is 0.364. The molecule has 0 saturated heterocycles. The van der Waals surface area contributed by atoms with Crippen molar-refractivity contribution < 1.29 is 9.18 Å². The molecule has 1 amide bonds. The van der Waals surface area contributed by atoms with Crippen molar-refractivity contribution in [2.24, 2.45) is 0 Å². The Hall–Kier alpha value is -1.09. The zero-order chi connectivity index (χ0) is 11.1. The van der Waals surface area contributed by atoms with Gasteiger partial charge in [0.1, 0.15) is 5.82 Å². The zero-order valence-electron chi connectivity index (χ0n) is 8.31. The number of hydrogen-bond acceptors (Lipinski definition) is 1. The van der Waals surface area contributed by atoms with Crippen molar-refractivity contribution in [3.63, 3.8) is 0 Å². The minimum absolute atomic E-state index is 0.0244. The van der Waals surface area contributed by atoms with Crippen LogP contribution >= 0.6 is 11.6 Å². The zero-order valence-corrected chi connectivity index (χ0v) is 9.07. The maximum Gasteiger partial charge on any atom is 0.251 e. The fourth-order valence-electron chi connectivity index (χ4n) is 1.30. The van der Waals surface area contributed by atoms with Gasteiger partial charge in [0.25, 0.3) is 5.91 Å². The van der Waals surface area contributed by atoms with E-state index >= 15 is 0 Å². The molecule has 0 spiro atoms. The highest BCUT2D eigenvalue weighted by Gasteiger charge is 2.38. The smallest absolute Gasteiger partial charge is 0.251 e. The average Bonchev–Trinajstić information content (AvgIpc) is 2.88.